The Labute approximate surface area is 109 Å². The van der Waals surface area contributed by atoms with Gasteiger partial charge in [-0.25, -0.2) is 4.79 Å². The summed E-state index contributed by atoms with van der Waals surface area (Å²) < 4.78 is 0. The van der Waals surface area contributed by atoms with E-state index in [0.29, 0.717) is 6.54 Å². The van der Waals surface area contributed by atoms with Gasteiger partial charge in [0, 0.05) is 0 Å². The molecule has 1 fully saturated rings. The number of carbonyl (C=O) groups excluding carboxylic acids is 1. The van der Waals surface area contributed by atoms with Crippen molar-refractivity contribution in [2.45, 2.75) is 45.7 Å². The van der Waals surface area contributed by atoms with Crippen LogP contribution in [0.25, 0.3) is 0 Å². The normalized spacial score (nSPS) is 24.2. The molecule has 0 N–H and O–H groups in total. The van der Waals surface area contributed by atoms with E-state index in [1.54, 1.807) is 0 Å². The maximum atomic E-state index is 11.8. The molecule has 2 rings (SSSR count). The van der Waals surface area contributed by atoms with Crippen LogP contribution in [-0.2, 0) is 16.2 Å². The van der Waals surface area contributed by atoms with Gasteiger partial charge >= 0.3 is 5.97 Å². The van der Waals surface area contributed by atoms with Crippen molar-refractivity contribution in [3.05, 3.63) is 35.9 Å². The van der Waals surface area contributed by atoms with Gasteiger partial charge in [-0.15, -0.1) is 5.06 Å². The fourth-order valence-corrected chi connectivity index (χ4v) is 2.39. The number of hydroxylamine groups is 2. The number of nitrogens with zero attached hydrogens (tertiary/aromatic N) is 1. The molecule has 1 heterocycles. The summed E-state index contributed by atoms with van der Waals surface area (Å²) >= 11 is 0. The smallest absolute Gasteiger partial charge is 0.329 e. The van der Waals surface area contributed by atoms with Crippen LogP contribution in [0.3, 0.4) is 0 Å². The second kappa shape index (κ2) is 6.01. The second-order valence-corrected chi connectivity index (χ2v) is 4.96. The van der Waals surface area contributed by atoms with Crippen molar-refractivity contribution < 1.29 is 9.63 Å². The molecule has 98 valence electrons. The van der Waals surface area contributed by atoms with Crippen molar-refractivity contribution in [3.8, 4) is 0 Å². The van der Waals surface area contributed by atoms with Crippen molar-refractivity contribution in [2.24, 2.45) is 5.92 Å². The average molecular weight is 247 g/mol. The lowest BCUT2D eigenvalue weighted by Crippen LogP contribution is -2.28. The molecule has 1 aliphatic heterocycles. The van der Waals surface area contributed by atoms with Crippen molar-refractivity contribution in [1.82, 2.24) is 5.06 Å². The lowest BCUT2D eigenvalue weighted by molar-refractivity contribution is -0.177. The van der Waals surface area contributed by atoms with Crippen molar-refractivity contribution in [2.75, 3.05) is 0 Å². The number of hydrogen-bond acceptors (Lipinski definition) is 3. The summed E-state index contributed by atoms with van der Waals surface area (Å²) in [5, 5.41) is 1.82. The molecule has 0 amide bonds. The fraction of sp³-hybridized carbons (Fsp3) is 0.533. The third-order valence-corrected chi connectivity index (χ3v) is 3.60. The number of hydrogen-bond donors (Lipinski definition) is 0. The molecular formula is C15H21NO2. The molecule has 0 saturated carbocycles. The van der Waals surface area contributed by atoms with Gasteiger partial charge in [0.25, 0.3) is 0 Å². The maximum absolute atomic E-state index is 11.8. The Morgan fingerprint density at radius 3 is 2.67 bits per heavy atom. The minimum atomic E-state index is -0.0631. The number of rotatable bonds is 5. The van der Waals surface area contributed by atoms with Gasteiger partial charge in [0.2, 0.25) is 0 Å². The third kappa shape index (κ3) is 2.91. The number of unbranched alkanes of at least 4 members (excludes halogenated alkanes) is 1. The average Bonchev–Trinajstić information content (AvgIpc) is 2.64. The van der Waals surface area contributed by atoms with E-state index in [4.69, 9.17) is 4.84 Å². The topological polar surface area (TPSA) is 29.5 Å². The Bertz CT molecular complexity index is 391. The minimum absolute atomic E-state index is 0.0358. The van der Waals surface area contributed by atoms with E-state index in [9.17, 15) is 4.79 Å². The van der Waals surface area contributed by atoms with Crippen LogP contribution in [0.4, 0.5) is 0 Å². The minimum Gasteiger partial charge on any atom is -0.367 e. The Kier molecular flexibility index (Phi) is 4.37. The van der Waals surface area contributed by atoms with Crippen molar-refractivity contribution in [1.29, 1.82) is 0 Å². The largest absolute Gasteiger partial charge is 0.367 e. The molecule has 1 aromatic rings. The highest BCUT2D eigenvalue weighted by Crippen LogP contribution is 2.28. The molecule has 2 atom stereocenters. The lowest BCUT2D eigenvalue weighted by Gasteiger charge is -2.19. The van der Waals surface area contributed by atoms with E-state index in [-0.39, 0.29) is 17.9 Å². The number of benzene rings is 1. The summed E-state index contributed by atoms with van der Waals surface area (Å²) in [4.78, 5) is 17.2. The first-order valence-electron chi connectivity index (χ1n) is 6.74. The van der Waals surface area contributed by atoms with E-state index >= 15 is 0 Å². The first-order valence-corrected chi connectivity index (χ1v) is 6.74. The predicted octanol–water partition coefficient (Wildman–Crippen LogP) is 3.16. The molecule has 1 saturated heterocycles. The SMILES string of the molecule is CCCC[C@@H]1C(=O)ON(Cc2ccccc2)[C@H]1C. The van der Waals surface area contributed by atoms with Crippen LogP contribution in [0.2, 0.25) is 0 Å². The van der Waals surface area contributed by atoms with E-state index in [0.717, 1.165) is 19.3 Å². The first kappa shape index (κ1) is 13.1. The van der Waals surface area contributed by atoms with Gasteiger partial charge in [0.15, 0.2) is 0 Å². The summed E-state index contributed by atoms with van der Waals surface area (Å²) in [7, 11) is 0. The quantitative estimate of drug-likeness (QED) is 0.800. The fourth-order valence-electron chi connectivity index (χ4n) is 2.39. The van der Waals surface area contributed by atoms with Crippen LogP contribution in [0.1, 0.15) is 38.7 Å². The van der Waals surface area contributed by atoms with Gasteiger partial charge in [0.1, 0.15) is 0 Å². The molecule has 1 aliphatic rings. The van der Waals surface area contributed by atoms with Crippen molar-refractivity contribution >= 4 is 5.97 Å². The summed E-state index contributed by atoms with van der Waals surface area (Å²) in [5.41, 5.74) is 1.17. The summed E-state index contributed by atoms with van der Waals surface area (Å²) in [6.45, 7) is 4.90. The van der Waals surface area contributed by atoms with E-state index < -0.39 is 0 Å². The van der Waals surface area contributed by atoms with E-state index in [1.165, 1.54) is 5.56 Å². The Morgan fingerprint density at radius 1 is 1.28 bits per heavy atom. The van der Waals surface area contributed by atoms with Gasteiger partial charge in [0.05, 0.1) is 18.5 Å². The Morgan fingerprint density at radius 2 is 2.00 bits per heavy atom. The highest BCUT2D eigenvalue weighted by Gasteiger charge is 2.39. The van der Waals surface area contributed by atoms with Crippen LogP contribution in [-0.4, -0.2) is 17.1 Å². The highest BCUT2D eigenvalue weighted by atomic mass is 16.7. The lowest BCUT2D eigenvalue weighted by atomic mass is 9.96. The second-order valence-electron chi connectivity index (χ2n) is 4.96. The van der Waals surface area contributed by atoms with Crippen LogP contribution in [0, 0.1) is 5.92 Å². The van der Waals surface area contributed by atoms with E-state index in [2.05, 4.69) is 26.0 Å². The molecular weight excluding hydrogens is 226 g/mol. The predicted molar refractivity (Wildman–Crippen MR) is 70.6 cm³/mol. The summed E-state index contributed by atoms with van der Waals surface area (Å²) in [5.74, 6) is -0.0273. The zero-order valence-corrected chi connectivity index (χ0v) is 11.1. The van der Waals surface area contributed by atoms with Gasteiger partial charge < -0.3 is 4.84 Å². The zero-order chi connectivity index (χ0) is 13.0. The van der Waals surface area contributed by atoms with Gasteiger partial charge in [-0.1, -0.05) is 50.1 Å². The van der Waals surface area contributed by atoms with Gasteiger partial charge in [-0.2, -0.15) is 0 Å². The molecule has 0 aromatic heterocycles. The van der Waals surface area contributed by atoms with E-state index in [1.807, 2.05) is 23.3 Å². The Balaban J connectivity index is 1.97. The maximum Gasteiger partial charge on any atom is 0.329 e. The molecule has 3 nitrogen and oxygen atoms in total. The molecule has 1 aromatic carbocycles. The molecule has 0 bridgehead atoms. The monoisotopic (exact) mass is 247 g/mol. The molecule has 18 heavy (non-hydrogen) atoms. The summed E-state index contributed by atoms with van der Waals surface area (Å²) in [6.07, 6.45) is 3.14. The van der Waals surface area contributed by atoms with Gasteiger partial charge in [-0.05, 0) is 18.9 Å². The number of carbonyl (C=O) groups is 1. The first-order chi connectivity index (χ1) is 8.72. The standard InChI is InChI=1S/C15H21NO2/c1-3-4-10-14-12(2)16(18-15(14)17)11-13-8-6-5-7-9-13/h5-9,12,14H,3-4,10-11H2,1-2H3/t12-,14-/m0/s1. The molecule has 0 unspecified atom stereocenters. The van der Waals surface area contributed by atoms with Crippen LogP contribution in [0.5, 0.6) is 0 Å². The highest BCUT2D eigenvalue weighted by molar-refractivity contribution is 5.74. The van der Waals surface area contributed by atoms with Gasteiger partial charge in [-0.3, -0.25) is 0 Å². The molecule has 0 radical (unpaired) electrons. The van der Waals surface area contributed by atoms with Crippen LogP contribution < -0.4 is 0 Å². The van der Waals surface area contributed by atoms with Crippen LogP contribution >= 0.6 is 0 Å². The van der Waals surface area contributed by atoms with Crippen LogP contribution in [0.15, 0.2) is 30.3 Å². The third-order valence-electron chi connectivity index (χ3n) is 3.60. The molecule has 0 spiro atoms. The van der Waals surface area contributed by atoms with Crippen molar-refractivity contribution in [3.63, 3.8) is 0 Å². The Hall–Kier alpha value is -1.35. The zero-order valence-electron chi connectivity index (χ0n) is 11.1. The summed E-state index contributed by atoms with van der Waals surface area (Å²) in [6, 6.07) is 10.3. The molecule has 3 heteroatoms. The molecule has 0 aliphatic carbocycles.